The number of benzene rings is 1. The lowest BCUT2D eigenvalue weighted by Crippen LogP contribution is -2.16. The van der Waals surface area contributed by atoms with Crippen LogP contribution in [-0.4, -0.2) is 19.5 Å². The van der Waals surface area contributed by atoms with Crippen molar-refractivity contribution in [1.29, 1.82) is 0 Å². The van der Waals surface area contributed by atoms with Gasteiger partial charge in [-0.1, -0.05) is 11.3 Å². The SMILES string of the molecule is CC(F)(F)c1nc2ccc(C(F)(F)F)nc2n1-c1ccc2[nH]c(=O)sc2c1. The number of thiazole rings is 1. The van der Waals surface area contributed by atoms with Crippen LogP contribution in [0.4, 0.5) is 22.0 Å². The average Bonchev–Trinajstić information content (AvgIpc) is 3.11. The number of fused-ring (bicyclic) bond motifs is 2. The molecule has 11 heteroatoms. The molecule has 1 N–H and O–H groups in total. The molecule has 140 valence electrons. The lowest BCUT2D eigenvalue weighted by Gasteiger charge is -2.14. The predicted octanol–water partition coefficient (Wildman–Crippen LogP) is 4.45. The number of halogens is 5. The van der Waals surface area contributed by atoms with E-state index in [1.165, 1.54) is 18.2 Å². The molecule has 0 spiro atoms. The molecular weight excluding hydrogens is 391 g/mol. The number of aromatic nitrogens is 4. The van der Waals surface area contributed by atoms with Crippen molar-refractivity contribution in [1.82, 2.24) is 19.5 Å². The minimum absolute atomic E-state index is 0.0955. The Labute approximate surface area is 151 Å². The second kappa shape index (κ2) is 5.59. The summed E-state index contributed by atoms with van der Waals surface area (Å²) in [6, 6.07) is 6.02. The molecule has 0 fully saturated rings. The highest BCUT2D eigenvalue weighted by molar-refractivity contribution is 7.16. The summed E-state index contributed by atoms with van der Waals surface area (Å²) >= 11 is 0.857. The smallest absolute Gasteiger partial charge is 0.312 e. The zero-order valence-electron chi connectivity index (χ0n) is 13.4. The molecule has 4 aromatic rings. The van der Waals surface area contributed by atoms with Crippen molar-refractivity contribution in [3.05, 3.63) is 51.5 Å². The van der Waals surface area contributed by atoms with Gasteiger partial charge in [0.15, 0.2) is 11.5 Å². The Morgan fingerprint density at radius 1 is 1.07 bits per heavy atom. The average molecular weight is 400 g/mol. The van der Waals surface area contributed by atoms with E-state index in [0.29, 0.717) is 23.2 Å². The summed E-state index contributed by atoms with van der Waals surface area (Å²) in [7, 11) is 0. The summed E-state index contributed by atoms with van der Waals surface area (Å²) in [6.07, 6.45) is -4.73. The Bertz CT molecular complexity index is 1230. The molecule has 1 aromatic carbocycles. The first-order chi connectivity index (χ1) is 12.5. The zero-order valence-corrected chi connectivity index (χ0v) is 14.3. The van der Waals surface area contributed by atoms with Crippen LogP contribution >= 0.6 is 11.3 Å². The molecule has 0 saturated heterocycles. The van der Waals surface area contributed by atoms with Gasteiger partial charge in [-0.05, 0) is 30.3 Å². The van der Waals surface area contributed by atoms with E-state index >= 15 is 0 Å². The van der Waals surface area contributed by atoms with E-state index in [4.69, 9.17) is 0 Å². The number of aromatic amines is 1. The standard InChI is InChI=1S/C16H9F5N4OS/c1-15(17,18)13-22-9-4-5-11(16(19,20)21)24-12(9)25(13)7-2-3-8-10(6-7)27-14(26)23-8/h2-6H,1H3,(H,23,26). The number of alkyl halides is 5. The van der Waals surface area contributed by atoms with Gasteiger partial charge >= 0.3 is 17.0 Å². The Hall–Kier alpha value is -2.82. The zero-order chi connectivity index (χ0) is 19.6. The molecule has 0 saturated carbocycles. The van der Waals surface area contributed by atoms with Crippen LogP contribution in [0.15, 0.2) is 35.1 Å². The van der Waals surface area contributed by atoms with E-state index < -0.39 is 23.6 Å². The van der Waals surface area contributed by atoms with Gasteiger partial charge in [-0.25, -0.2) is 9.97 Å². The largest absolute Gasteiger partial charge is 0.433 e. The lowest BCUT2D eigenvalue weighted by atomic mass is 10.2. The van der Waals surface area contributed by atoms with Gasteiger partial charge < -0.3 is 4.98 Å². The predicted molar refractivity (Wildman–Crippen MR) is 89.4 cm³/mol. The molecule has 0 atom stereocenters. The monoisotopic (exact) mass is 400 g/mol. The second-order valence-electron chi connectivity index (χ2n) is 5.89. The Morgan fingerprint density at radius 2 is 1.81 bits per heavy atom. The summed E-state index contributed by atoms with van der Waals surface area (Å²) in [5, 5.41) is 0. The number of nitrogens with zero attached hydrogens (tertiary/aromatic N) is 3. The maximum absolute atomic E-state index is 14.1. The number of nitrogens with one attached hydrogen (secondary N) is 1. The molecule has 0 radical (unpaired) electrons. The molecule has 0 aliphatic carbocycles. The van der Waals surface area contributed by atoms with E-state index in [0.717, 1.165) is 22.0 Å². The maximum Gasteiger partial charge on any atom is 0.433 e. The Balaban J connectivity index is 2.06. The number of rotatable bonds is 2. The van der Waals surface area contributed by atoms with Crippen LogP contribution in [-0.2, 0) is 12.1 Å². The summed E-state index contributed by atoms with van der Waals surface area (Å²) in [4.78, 5) is 21.0. The number of hydrogen-bond donors (Lipinski definition) is 1. The number of H-pyrrole nitrogens is 1. The van der Waals surface area contributed by atoms with E-state index in [1.54, 1.807) is 0 Å². The first-order valence-corrected chi connectivity index (χ1v) is 8.34. The normalized spacial score (nSPS) is 13.0. The summed E-state index contributed by atoms with van der Waals surface area (Å²) in [5.74, 6) is -4.18. The molecule has 0 unspecified atom stereocenters. The molecule has 3 heterocycles. The molecule has 27 heavy (non-hydrogen) atoms. The quantitative estimate of drug-likeness (QED) is 0.506. The topological polar surface area (TPSA) is 63.6 Å². The summed E-state index contributed by atoms with van der Waals surface area (Å²) in [5.41, 5.74) is -1.03. The van der Waals surface area contributed by atoms with E-state index in [9.17, 15) is 26.7 Å². The van der Waals surface area contributed by atoms with Crippen molar-refractivity contribution < 1.29 is 22.0 Å². The fourth-order valence-corrected chi connectivity index (χ4v) is 3.50. The van der Waals surface area contributed by atoms with Crippen molar-refractivity contribution >= 4 is 32.7 Å². The Morgan fingerprint density at radius 3 is 2.48 bits per heavy atom. The molecule has 0 aliphatic heterocycles. The third-order valence-electron chi connectivity index (χ3n) is 3.85. The van der Waals surface area contributed by atoms with Gasteiger partial charge in [0.25, 0.3) is 0 Å². The van der Waals surface area contributed by atoms with Crippen LogP contribution in [0.5, 0.6) is 0 Å². The Kier molecular flexibility index (Phi) is 3.64. The fourth-order valence-electron chi connectivity index (χ4n) is 2.73. The van der Waals surface area contributed by atoms with E-state index in [2.05, 4.69) is 15.0 Å². The van der Waals surface area contributed by atoms with Gasteiger partial charge in [-0.2, -0.15) is 22.0 Å². The van der Waals surface area contributed by atoms with E-state index in [-0.39, 0.29) is 21.7 Å². The number of pyridine rings is 1. The van der Waals surface area contributed by atoms with Gasteiger partial charge in [0.05, 0.1) is 15.9 Å². The summed E-state index contributed by atoms with van der Waals surface area (Å²) in [6.45, 7) is 0.600. The molecular formula is C16H9F5N4OS. The first kappa shape index (κ1) is 17.6. The van der Waals surface area contributed by atoms with Gasteiger partial charge in [-0.3, -0.25) is 9.36 Å². The highest BCUT2D eigenvalue weighted by Crippen LogP contribution is 2.35. The van der Waals surface area contributed by atoms with Crippen LogP contribution < -0.4 is 4.87 Å². The van der Waals surface area contributed by atoms with Crippen molar-refractivity contribution in [2.75, 3.05) is 0 Å². The van der Waals surface area contributed by atoms with Crippen molar-refractivity contribution in [3.8, 4) is 5.69 Å². The van der Waals surface area contributed by atoms with Gasteiger partial charge in [0.1, 0.15) is 11.2 Å². The highest BCUT2D eigenvalue weighted by atomic mass is 32.1. The third-order valence-corrected chi connectivity index (χ3v) is 4.70. The molecule has 0 aliphatic rings. The molecule has 3 aromatic heterocycles. The summed E-state index contributed by atoms with van der Waals surface area (Å²) < 4.78 is 68.6. The van der Waals surface area contributed by atoms with Crippen molar-refractivity contribution in [2.24, 2.45) is 0 Å². The third kappa shape index (κ3) is 2.97. The van der Waals surface area contributed by atoms with Crippen molar-refractivity contribution in [2.45, 2.75) is 19.0 Å². The highest BCUT2D eigenvalue weighted by Gasteiger charge is 2.36. The fraction of sp³-hybridized carbons (Fsp3) is 0.188. The lowest BCUT2D eigenvalue weighted by molar-refractivity contribution is -0.141. The second-order valence-corrected chi connectivity index (χ2v) is 6.91. The molecule has 4 rings (SSSR count). The van der Waals surface area contributed by atoms with Crippen LogP contribution in [0.1, 0.15) is 18.4 Å². The molecule has 5 nitrogen and oxygen atoms in total. The van der Waals surface area contributed by atoms with Crippen LogP contribution in [0.3, 0.4) is 0 Å². The van der Waals surface area contributed by atoms with E-state index in [1.807, 2.05) is 0 Å². The van der Waals surface area contributed by atoms with Gasteiger partial charge in [0, 0.05) is 6.92 Å². The molecule has 0 amide bonds. The van der Waals surface area contributed by atoms with Crippen LogP contribution in [0, 0.1) is 0 Å². The number of imidazole rings is 1. The van der Waals surface area contributed by atoms with Crippen LogP contribution in [0.2, 0.25) is 0 Å². The van der Waals surface area contributed by atoms with Gasteiger partial charge in [0.2, 0.25) is 0 Å². The number of hydrogen-bond acceptors (Lipinski definition) is 4. The van der Waals surface area contributed by atoms with Crippen molar-refractivity contribution in [3.63, 3.8) is 0 Å². The van der Waals surface area contributed by atoms with Gasteiger partial charge in [-0.15, -0.1) is 0 Å². The minimum Gasteiger partial charge on any atom is -0.312 e. The van der Waals surface area contributed by atoms with Crippen LogP contribution in [0.25, 0.3) is 27.1 Å². The molecule has 0 bridgehead atoms. The minimum atomic E-state index is -4.73. The maximum atomic E-state index is 14.1. The first-order valence-electron chi connectivity index (χ1n) is 7.52.